The number of nitrogens with two attached hydrogens (primary N) is 1. The number of rotatable bonds is 4. The van der Waals surface area contributed by atoms with Crippen molar-refractivity contribution in [2.75, 3.05) is 13.1 Å². The van der Waals surface area contributed by atoms with E-state index in [1.54, 1.807) is 0 Å². The Kier molecular flexibility index (Phi) is 5.22. The number of hydrogen-bond acceptors (Lipinski definition) is 3. The van der Waals surface area contributed by atoms with Gasteiger partial charge in [0.1, 0.15) is 0 Å². The summed E-state index contributed by atoms with van der Waals surface area (Å²) in [7, 11) is 0. The summed E-state index contributed by atoms with van der Waals surface area (Å²) in [5.74, 6) is 0.169. The second-order valence-electron chi connectivity index (χ2n) is 4.81. The van der Waals surface area contributed by atoms with Crippen molar-refractivity contribution in [3.8, 4) is 0 Å². The first kappa shape index (κ1) is 13.5. The fourth-order valence-electron chi connectivity index (χ4n) is 2.21. The maximum Gasteiger partial charge on any atom is 0.224 e. The fraction of sp³-hybridized carbons (Fsp3) is 0.917. The molecule has 1 amide bonds. The zero-order valence-corrected chi connectivity index (χ0v) is 10.6. The molecule has 0 aliphatic carbocycles. The summed E-state index contributed by atoms with van der Waals surface area (Å²) in [5.41, 5.74) is 5.88. The lowest BCUT2D eigenvalue weighted by molar-refractivity contribution is -0.143. The van der Waals surface area contributed by atoms with Crippen molar-refractivity contribution in [1.29, 1.82) is 0 Å². The molecule has 0 saturated carbocycles. The molecule has 1 aliphatic heterocycles. The van der Waals surface area contributed by atoms with Crippen LogP contribution in [0.25, 0.3) is 0 Å². The van der Waals surface area contributed by atoms with E-state index in [0.29, 0.717) is 19.5 Å². The Balaban J connectivity index is 2.40. The molecular formula is C12H24N2O2. The van der Waals surface area contributed by atoms with Crippen LogP contribution in [0.4, 0.5) is 0 Å². The van der Waals surface area contributed by atoms with Gasteiger partial charge < -0.3 is 15.4 Å². The van der Waals surface area contributed by atoms with Crippen LogP contribution in [0.2, 0.25) is 0 Å². The van der Waals surface area contributed by atoms with E-state index in [1.807, 2.05) is 18.7 Å². The van der Waals surface area contributed by atoms with Gasteiger partial charge in [-0.1, -0.05) is 13.3 Å². The van der Waals surface area contributed by atoms with Crippen LogP contribution < -0.4 is 5.73 Å². The van der Waals surface area contributed by atoms with E-state index < -0.39 is 0 Å². The highest BCUT2D eigenvalue weighted by Gasteiger charge is 2.26. The largest absolute Gasteiger partial charge is 0.372 e. The molecule has 94 valence electrons. The summed E-state index contributed by atoms with van der Waals surface area (Å²) in [5, 5.41) is 0. The first-order valence-electron chi connectivity index (χ1n) is 6.21. The van der Waals surface area contributed by atoms with Crippen molar-refractivity contribution < 1.29 is 9.53 Å². The standard InChI is InChI=1S/C12H24N2O2/c1-4-5-11(13)6-12(15)14-7-9(2)16-10(3)8-14/h9-11H,4-8,13H2,1-3H3. The van der Waals surface area contributed by atoms with Crippen molar-refractivity contribution in [2.45, 2.75) is 58.3 Å². The molecular weight excluding hydrogens is 204 g/mol. The van der Waals surface area contributed by atoms with Gasteiger partial charge in [-0.15, -0.1) is 0 Å². The Morgan fingerprint density at radius 3 is 2.50 bits per heavy atom. The number of ether oxygens (including phenoxy) is 1. The molecule has 4 heteroatoms. The minimum atomic E-state index is 0.00552. The first-order chi connectivity index (χ1) is 7.52. The molecule has 2 N–H and O–H groups in total. The molecule has 1 heterocycles. The molecule has 0 aromatic rings. The number of carbonyl (C=O) groups is 1. The van der Waals surface area contributed by atoms with Crippen molar-refractivity contribution >= 4 is 5.91 Å². The molecule has 3 atom stereocenters. The molecule has 3 unspecified atom stereocenters. The van der Waals surface area contributed by atoms with Gasteiger partial charge in [0, 0.05) is 25.6 Å². The second-order valence-corrected chi connectivity index (χ2v) is 4.81. The SMILES string of the molecule is CCCC(N)CC(=O)N1CC(C)OC(C)C1. The van der Waals surface area contributed by atoms with Crippen molar-refractivity contribution in [1.82, 2.24) is 4.90 Å². The van der Waals surface area contributed by atoms with Crippen LogP contribution >= 0.6 is 0 Å². The molecule has 1 aliphatic rings. The highest BCUT2D eigenvalue weighted by molar-refractivity contribution is 5.77. The van der Waals surface area contributed by atoms with Crippen LogP contribution in [0.15, 0.2) is 0 Å². The van der Waals surface area contributed by atoms with Crippen molar-refractivity contribution in [3.05, 3.63) is 0 Å². The van der Waals surface area contributed by atoms with Gasteiger partial charge in [0.2, 0.25) is 5.91 Å². The molecule has 0 aromatic heterocycles. The predicted octanol–water partition coefficient (Wildman–Crippen LogP) is 1.14. The van der Waals surface area contributed by atoms with Gasteiger partial charge in [-0.05, 0) is 20.3 Å². The van der Waals surface area contributed by atoms with Crippen LogP contribution in [0.1, 0.15) is 40.0 Å². The number of hydrogen-bond donors (Lipinski definition) is 1. The summed E-state index contributed by atoms with van der Waals surface area (Å²) in [6, 6.07) is 0.00552. The van der Waals surface area contributed by atoms with Gasteiger partial charge in [-0.25, -0.2) is 0 Å². The number of carbonyl (C=O) groups excluding carboxylic acids is 1. The summed E-state index contributed by atoms with van der Waals surface area (Å²) < 4.78 is 5.59. The molecule has 0 bridgehead atoms. The van der Waals surface area contributed by atoms with Crippen LogP contribution in [0, 0.1) is 0 Å². The topological polar surface area (TPSA) is 55.6 Å². The average Bonchev–Trinajstić information content (AvgIpc) is 2.16. The number of amides is 1. The third-order valence-electron chi connectivity index (χ3n) is 2.87. The van der Waals surface area contributed by atoms with E-state index in [2.05, 4.69) is 6.92 Å². The molecule has 1 fully saturated rings. The Bertz CT molecular complexity index is 223. The maximum atomic E-state index is 12.0. The molecule has 4 nitrogen and oxygen atoms in total. The predicted molar refractivity (Wildman–Crippen MR) is 64.1 cm³/mol. The summed E-state index contributed by atoms with van der Waals surface area (Å²) in [6.07, 6.45) is 2.68. The lowest BCUT2D eigenvalue weighted by Crippen LogP contribution is -2.49. The van der Waals surface area contributed by atoms with Crippen LogP contribution in [-0.4, -0.2) is 42.1 Å². The van der Waals surface area contributed by atoms with Crippen LogP contribution in [-0.2, 0) is 9.53 Å². The van der Waals surface area contributed by atoms with Crippen molar-refractivity contribution in [3.63, 3.8) is 0 Å². The molecule has 16 heavy (non-hydrogen) atoms. The molecule has 0 aromatic carbocycles. The molecule has 1 saturated heterocycles. The minimum absolute atomic E-state index is 0.00552. The monoisotopic (exact) mass is 228 g/mol. The lowest BCUT2D eigenvalue weighted by atomic mass is 10.1. The number of morpholine rings is 1. The van der Waals surface area contributed by atoms with E-state index in [1.165, 1.54) is 0 Å². The van der Waals surface area contributed by atoms with Crippen LogP contribution in [0.3, 0.4) is 0 Å². The van der Waals surface area contributed by atoms with Crippen molar-refractivity contribution in [2.24, 2.45) is 5.73 Å². The molecule has 1 rings (SSSR count). The fourth-order valence-corrected chi connectivity index (χ4v) is 2.21. The van der Waals surface area contributed by atoms with E-state index in [0.717, 1.165) is 12.8 Å². The third-order valence-corrected chi connectivity index (χ3v) is 2.87. The Hall–Kier alpha value is -0.610. The zero-order valence-electron chi connectivity index (χ0n) is 10.6. The maximum absolute atomic E-state index is 12.0. The zero-order chi connectivity index (χ0) is 12.1. The Morgan fingerprint density at radius 2 is 2.00 bits per heavy atom. The van der Waals surface area contributed by atoms with Gasteiger partial charge in [-0.3, -0.25) is 4.79 Å². The number of nitrogens with zero attached hydrogens (tertiary/aromatic N) is 1. The second kappa shape index (κ2) is 6.21. The quantitative estimate of drug-likeness (QED) is 0.785. The minimum Gasteiger partial charge on any atom is -0.372 e. The normalized spacial score (nSPS) is 27.9. The van der Waals surface area contributed by atoms with Crippen LogP contribution in [0.5, 0.6) is 0 Å². The lowest BCUT2D eigenvalue weighted by Gasteiger charge is -2.35. The van der Waals surface area contributed by atoms with E-state index in [-0.39, 0.29) is 24.2 Å². The highest BCUT2D eigenvalue weighted by Crippen LogP contribution is 2.12. The molecule has 0 spiro atoms. The summed E-state index contributed by atoms with van der Waals surface area (Å²) >= 11 is 0. The molecule has 0 radical (unpaired) electrons. The average molecular weight is 228 g/mol. The van der Waals surface area contributed by atoms with Gasteiger partial charge in [-0.2, -0.15) is 0 Å². The van der Waals surface area contributed by atoms with Gasteiger partial charge >= 0.3 is 0 Å². The third kappa shape index (κ3) is 4.10. The van der Waals surface area contributed by atoms with E-state index in [9.17, 15) is 4.79 Å². The van der Waals surface area contributed by atoms with E-state index in [4.69, 9.17) is 10.5 Å². The Morgan fingerprint density at radius 1 is 1.44 bits per heavy atom. The Labute approximate surface area is 98.1 Å². The summed E-state index contributed by atoms with van der Waals surface area (Å²) in [6.45, 7) is 7.48. The first-order valence-corrected chi connectivity index (χ1v) is 6.21. The smallest absolute Gasteiger partial charge is 0.224 e. The van der Waals surface area contributed by atoms with Gasteiger partial charge in [0.15, 0.2) is 0 Å². The summed E-state index contributed by atoms with van der Waals surface area (Å²) in [4.78, 5) is 13.8. The van der Waals surface area contributed by atoms with E-state index >= 15 is 0 Å². The van der Waals surface area contributed by atoms with Gasteiger partial charge in [0.05, 0.1) is 12.2 Å². The van der Waals surface area contributed by atoms with Gasteiger partial charge in [0.25, 0.3) is 0 Å². The highest BCUT2D eigenvalue weighted by atomic mass is 16.5.